The van der Waals surface area contributed by atoms with Crippen molar-refractivity contribution in [1.29, 1.82) is 0 Å². The molecule has 0 bridgehead atoms. The van der Waals surface area contributed by atoms with Gasteiger partial charge in [-0.05, 0) is 31.3 Å². The summed E-state index contributed by atoms with van der Waals surface area (Å²) >= 11 is 0. The van der Waals surface area contributed by atoms with Crippen molar-refractivity contribution in [3.05, 3.63) is 11.4 Å². The monoisotopic (exact) mass is 226 g/mol. The molecule has 0 aromatic carbocycles. The van der Waals surface area contributed by atoms with E-state index in [2.05, 4.69) is 0 Å². The van der Waals surface area contributed by atoms with E-state index >= 15 is 0 Å². The van der Waals surface area contributed by atoms with Gasteiger partial charge in [-0.25, -0.2) is 4.79 Å². The SMILES string of the molecule is O=C(O)C(F)=C1CCCC(C(F)(F)F)C1. The van der Waals surface area contributed by atoms with Gasteiger partial charge in [0.05, 0.1) is 5.92 Å². The third-order valence-corrected chi connectivity index (χ3v) is 2.49. The Kier molecular flexibility index (Phi) is 3.36. The molecule has 1 fully saturated rings. The van der Waals surface area contributed by atoms with Gasteiger partial charge in [-0.15, -0.1) is 0 Å². The first-order chi connectivity index (χ1) is 6.82. The van der Waals surface area contributed by atoms with Gasteiger partial charge in [0.1, 0.15) is 0 Å². The van der Waals surface area contributed by atoms with Gasteiger partial charge in [-0.1, -0.05) is 0 Å². The molecule has 6 heteroatoms. The fourth-order valence-corrected chi connectivity index (χ4v) is 1.69. The van der Waals surface area contributed by atoms with Gasteiger partial charge >= 0.3 is 12.1 Å². The molecule has 1 aliphatic carbocycles. The van der Waals surface area contributed by atoms with Crippen LogP contribution in [0, 0.1) is 5.92 Å². The van der Waals surface area contributed by atoms with E-state index in [0.29, 0.717) is 0 Å². The number of hydrogen-bond acceptors (Lipinski definition) is 1. The third kappa shape index (κ3) is 2.94. The zero-order valence-electron chi connectivity index (χ0n) is 7.77. The summed E-state index contributed by atoms with van der Waals surface area (Å²) < 4.78 is 49.7. The average molecular weight is 226 g/mol. The molecule has 2 nitrogen and oxygen atoms in total. The van der Waals surface area contributed by atoms with Crippen LogP contribution in [0.1, 0.15) is 25.7 Å². The van der Waals surface area contributed by atoms with Crippen LogP contribution in [0.5, 0.6) is 0 Å². The number of rotatable bonds is 1. The Morgan fingerprint density at radius 3 is 2.47 bits per heavy atom. The van der Waals surface area contributed by atoms with Crippen molar-refractivity contribution in [1.82, 2.24) is 0 Å². The molecule has 0 saturated heterocycles. The number of carbonyl (C=O) groups is 1. The highest BCUT2D eigenvalue weighted by Gasteiger charge is 2.41. The molecule has 86 valence electrons. The molecule has 0 aromatic heterocycles. The number of hydrogen-bond donors (Lipinski definition) is 1. The van der Waals surface area contributed by atoms with E-state index in [-0.39, 0.29) is 24.8 Å². The Labute approximate surface area is 83.6 Å². The highest BCUT2D eigenvalue weighted by molar-refractivity contribution is 5.84. The van der Waals surface area contributed by atoms with Crippen LogP contribution >= 0.6 is 0 Å². The van der Waals surface area contributed by atoms with E-state index in [1.54, 1.807) is 0 Å². The Bertz CT molecular complexity index is 293. The molecular formula is C9H10F4O2. The lowest BCUT2D eigenvalue weighted by molar-refractivity contribution is -0.178. The summed E-state index contributed by atoms with van der Waals surface area (Å²) in [5.41, 5.74) is -0.226. The second-order valence-corrected chi connectivity index (χ2v) is 3.56. The number of aliphatic carboxylic acids is 1. The van der Waals surface area contributed by atoms with Crippen molar-refractivity contribution in [2.24, 2.45) is 5.92 Å². The van der Waals surface area contributed by atoms with Crippen molar-refractivity contribution in [2.45, 2.75) is 31.9 Å². The highest BCUT2D eigenvalue weighted by atomic mass is 19.4. The summed E-state index contributed by atoms with van der Waals surface area (Å²) in [6.07, 6.45) is -4.67. The largest absolute Gasteiger partial charge is 0.476 e. The Hall–Kier alpha value is -1.07. The van der Waals surface area contributed by atoms with Gasteiger partial charge in [0.2, 0.25) is 5.83 Å². The fraction of sp³-hybridized carbons (Fsp3) is 0.667. The van der Waals surface area contributed by atoms with Gasteiger partial charge in [0.25, 0.3) is 0 Å². The van der Waals surface area contributed by atoms with Crippen LogP contribution in [0.2, 0.25) is 0 Å². The van der Waals surface area contributed by atoms with E-state index in [9.17, 15) is 22.4 Å². The Balaban J connectivity index is 2.81. The predicted molar refractivity (Wildman–Crippen MR) is 43.8 cm³/mol. The van der Waals surface area contributed by atoms with Crippen molar-refractivity contribution >= 4 is 5.97 Å². The Morgan fingerprint density at radius 2 is 2.00 bits per heavy atom. The molecule has 0 aromatic rings. The molecule has 1 rings (SSSR count). The van der Waals surface area contributed by atoms with Crippen molar-refractivity contribution in [2.75, 3.05) is 0 Å². The molecule has 1 atom stereocenters. The highest BCUT2D eigenvalue weighted by Crippen LogP contribution is 2.40. The van der Waals surface area contributed by atoms with Crippen LogP contribution in [-0.2, 0) is 4.79 Å². The second-order valence-electron chi connectivity index (χ2n) is 3.56. The van der Waals surface area contributed by atoms with Gasteiger partial charge in [-0.3, -0.25) is 0 Å². The first kappa shape index (κ1) is 12.0. The maximum atomic E-state index is 12.9. The number of alkyl halides is 3. The molecular weight excluding hydrogens is 216 g/mol. The lowest BCUT2D eigenvalue weighted by Gasteiger charge is -2.26. The molecule has 0 heterocycles. The van der Waals surface area contributed by atoms with Gasteiger partial charge < -0.3 is 5.11 Å². The summed E-state index contributed by atoms with van der Waals surface area (Å²) in [6, 6.07) is 0. The molecule has 1 N–H and O–H groups in total. The van der Waals surface area contributed by atoms with E-state index in [4.69, 9.17) is 5.11 Å². The molecule has 0 amide bonds. The Morgan fingerprint density at radius 1 is 1.40 bits per heavy atom. The van der Waals surface area contributed by atoms with E-state index < -0.39 is 30.3 Å². The third-order valence-electron chi connectivity index (χ3n) is 2.49. The lowest BCUT2D eigenvalue weighted by Crippen LogP contribution is -2.26. The zero-order chi connectivity index (χ0) is 11.6. The van der Waals surface area contributed by atoms with Crippen molar-refractivity contribution in [3.8, 4) is 0 Å². The second kappa shape index (κ2) is 4.20. The standard InChI is InChI=1S/C9H10F4O2/c10-7(8(14)15)5-2-1-3-6(4-5)9(11,12)13/h6H,1-4H2,(H,14,15). The molecule has 0 aliphatic heterocycles. The summed E-state index contributed by atoms with van der Waals surface area (Å²) in [6.45, 7) is 0. The van der Waals surface area contributed by atoms with E-state index in [1.807, 2.05) is 0 Å². The number of halogens is 4. The van der Waals surface area contributed by atoms with Gasteiger partial charge in [-0.2, -0.15) is 17.6 Å². The smallest absolute Gasteiger partial charge is 0.392 e. The molecule has 1 aliphatic rings. The first-order valence-corrected chi connectivity index (χ1v) is 4.50. The molecule has 0 radical (unpaired) electrons. The van der Waals surface area contributed by atoms with Crippen molar-refractivity contribution < 1.29 is 27.5 Å². The summed E-state index contributed by atoms with van der Waals surface area (Å²) in [5, 5.41) is 8.31. The minimum absolute atomic E-state index is 0.0557. The quantitative estimate of drug-likeness (QED) is 0.551. The lowest BCUT2D eigenvalue weighted by atomic mass is 9.84. The molecule has 1 unspecified atom stereocenters. The van der Waals surface area contributed by atoms with Crippen LogP contribution in [0.25, 0.3) is 0 Å². The van der Waals surface area contributed by atoms with Gasteiger partial charge in [0, 0.05) is 0 Å². The number of carboxylic acid groups (broad SMARTS) is 1. The van der Waals surface area contributed by atoms with E-state index in [0.717, 1.165) is 0 Å². The van der Waals surface area contributed by atoms with Crippen LogP contribution in [0.4, 0.5) is 17.6 Å². The number of carboxylic acids is 1. The fourth-order valence-electron chi connectivity index (χ4n) is 1.69. The first-order valence-electron chi connectivity index (χ1n) is 4.50. The normalized spacial score (nSPS) is 26.3. The van der Waals surface area contributed by atoms with Gasteiger partial charge in [0.15, 0.2) is 0 Å². The van der Waals surface area contributed by atoms with E-state index in [1.165, 1.54) is 0 Å². The topological polar surface area (TPSA) is 37.3 Å². The van der Waals surface area contributed by atoms with Crippen LogP contribution < -0.4 is 0 Å². The molecule has 1 saturated carbocycles. The molecule has 15 heavy (non-hydrogen) atoms. The molecule has 0 spiro atoms. The van der Waals surface area contributed by atoms with Crippen LogP contribution in [0.15, 0.2) is 11.4 Å². The maximum Gasteiger partial charge on any atom is 0.392 e. The van der Waals surface area contributed by atoms with Crippen LogP contribution in [0.3, 0.4) is 0 Å². The minimum atomic E-state index is -4.37. The zero-order valence-corrected chi connectivity index (χ0v) is 7.77. The average Bonchev–Trinajstić information content (AvgIpc) is 2.15. The summed E-state index contributed by atoms with van der Waals surface area (Å²) in [4.78, 5) is 10.2. The predicted octanol–water partition coefficient (Wildman–Crippen LogP) is 3.05. The van der Waals surface area contributed by atoms with Crippen molar-refractivity contribution in [3.63, 3.8) is 0 Å². The number of allylic oxidation sites excluding steroid dienone is 1. The van der Waals surface area contributed by atoms with Crippen LogP contribution in [-0.4, -0.2) is 17.3 Å². The summed E-state index contributed by atoms with van der Waals surface area (Å²) in [5.74, 6) is -4.82. The minimum Gasteiger partial charge on any atom is -0.476 e. The summed E-state index contributed by atoms with van der Waals surface area (Å²) in [7, 11) is 0. The maximum absolute atomic E-state index is 12.9.